The number of amides is 2. The molecule has 0 saturated carbocycles. The van der Waals surface area contributed by atoms with Crippen molar-refractivity contribution in [2.24, 2.45) is 0 Å². The minimum atomic E-state index is -0.644. The average molecular weight is 364 g/mol. The van der Waals surface area contributed by atoms with Gasteiger partial charge in [-0.25, -0.2) is 9.59 Å². The quantitative estimate of drug-likeness (QED) is 0.861. The molecule has 26 heavy (non-hydrogen) atoms. The Morgan fingerprint density at radius 3 is 2.54 bits per heavy atom. The molecule has 0 unspecified atom stereocenters. The molecule has 0 bridgehead atoms. The molecular formula is C19H28N2O5. The summed E-state index contributed by atoms with van der Waals surface area (Å²) in [6.45, 7) is 6.00. The van der Waals surface area contributed by atoms with Gasteiger partial charge in [0, 0.05) is 13.1 Å². The van der Waals surface area contributed by atoms with Crippen LogP contribution in [0.4, 0.5) is 9.59 Å². The van der Waals surface area contributed by atoms with Crippen LogP contribution in [0.25, 0.3) is 0 Å². The van der Waals surface area contributed by atoms with Gasteiger partial charge in [-0.15, -0.1) is 0 Å². The van der Waals surface area contributed by atoms with Crippen molar-refractivity contribution < 1.29 is 24.2 Å². The molecule has 1 aromatic carbocycles. The van der Waals surface area contributed by atoms with Crippen LogP contribution < -0.4 is 5.32 Å². The molecule has 7 heteroatoms. The second-order valence-corrected chi connectivity index (χ2v) is 7.52. The number of rotatable bonds is 3. The molecule has 0 spiro atoms. The number of nitrogens with one attached hydrogen (secondary N) is 1. The molecule has 0 aliphatic carbocycles. The third-order valence-corrected chi connectivity index (χ3v) is 3.91. The molecule has 2 atom stereocenters. The van der Waals surface area contributed by atoms with Crippen LogP contribution >= 0.6 is 0 Å². The van der Waals surface area contributed by atoms with E-state index in [0.717, 1.165) is 5.56 Å². The molecule has 144 valence electrons. The normalized spacial score (nSPS) is 20.8. The molecule has 1 heterocycles. The van der Waals surface area contributed by atoms with E-state index >= 15 is 0 Å². The maximum Gasteiger partial charge on any atom is 0.410 e. The summed E-state index contributed by atoms with van der Waals surface area (Å²) in [7, 11) is 0. The van der Waals surface area contributed by atoms with Crippen LogP contribution in [0.5, 0.6) is 0 Å². The topological polar surface area (TPSA) is 88.1 Å². The van der Waals surface area contributed by atoms with Gasteiger partial charge in [-0.05, 0) is 39.2 Å². The summed E-state index contributed by atoms with van der Waals surface area (Å²) in [6, 6.07) is 9.09. The molecule has 1 fully saturated rings. The summed E-state index contributed by atoms with van der Waals surface area (Å²) >= 11 is 0. The number of likely N-dealkylation sites (tertiary alicyclic amines) is 1. The molecular weight excluding hydrogens is 336 g/mol. The van der Waals surface area contributed by atoms with Crippen molar-refractivity contribution in [2.45, 2.75) is 58.0 Å². The van der Waals surface area contributed by atoms with Gasteiger partial charge in [-0.2, -0.15) is 0 Å². The van der Waals surface area contributed by atoms with Crippen molar-refractivity contribution in [2.75, 3.05) is 13.1 Å². The Labute approximate surface area is 154 Å². The van der Waals surface area contributed by atoms with Crippen molar-refractivity contribution >= 4 is 12.2 Å². The fraction of sp³-hybridized carbons (Fsp3) is 0.579. The predicted octanol–water partition coefficient (Wildman–Crippen LogP) is 2.67. The van der Waals surface area contributed by atoms with Gasteiger partial charge in [0.15, 0.2) is 0 Å². The summed E-state index contributed by atoms with van der Waals surface area (Å²) in [4.78, 5) is 25.8. The van der Waals surface area contributed by atoms with E-state index in [4.69, 9.17) is 9.47 Å². The number of nitrogens with zero attached hydrogens (tertiary/aromatic N) is 1. The number of carbonyl (C=O) groups excluding carboxylic acids is 2. The van der Waals surface area contributed by atoms with E-state index < -0.39 is 23.9 Å². The molecule has 7 nitrogen and oxygen atoms in total. The summed E-state index contributed by atoms with van der Waals surface area (Å²) < 4.78 is 10.6. The minimum absolute atomic E-state index is 0.178. The van der Waals surface area contributed by atoms with Gasteiger partial charge >= 0.3 is 12.2 Å². The maximum absolute atomic E-state index is 12.3. The van der Waals surface area contributed by atoms with Crippen molar-refractivity contribution in [3.8, 4) is 0 Å². The van der Waals surface area contributed by atoms with Crippen LogP contribution in [-0.2, 0) is 16.1 Å². The second-order valence-electron chi connectivity index (χ2n) is 7.52. The molecule has 1 aromatic rings. The van der Waals surface area contributed by atoms with E-state index in [1.54, 1.807) is 20.8 Å². The number of carbonyl (C=O) groups is 2. The van der Waals surface area contributed by atoms with Crippen molar-refractivity contribution in [3.63, 3.8) is 0 Å². The first-order valence-electron chi connectivity index (χ1n) is 8.86. The molecule has 2 N–H and O–H groups in total. The highest BCUT2D eigenvalue weighted by atomic mass is 16.6. The Morgan fingerprint density at radius 2 is 1.88 bits per heavy atom. The second kappa shape index (κ2) is 8.89. The summed E-state index contributed by atoms with van der Waals surface area (Å²) in [5.74, 6) is 0. The molecule has 0 aromatic heterocycles. The van der Waals surface area contributed by atoms with E-state index in [1.165, 1.54) is 4.90 Å². The van der Waals surface area contributed by atoms with E-state index in [-0.39, 0.29) is 25.7 Å². The van der Waals surface area contributed by atoms with Crippen LogP contribution in [-0.4, -0.2) is 53.0 Å². The van der Waals surface area contributed by atoms with Crippen molar-refractivity contribution in [1.82, 2.24) is 10.2 Å². The lowest BCUT2D eigenvalue weighted by atomic mass is 10.1. The highest BCUT2D eigenvalue weighted by molar-refractivity contribution is 5.69. The van der Waals surface area contributed by atoms with Gasteiger partial charge in [0.25, 0.3) is 0 Å². The minimum Gasteiger partial charge on any atom is -0.445 e. The van der Waals surface area contributed by atoms with Crippen LogP contribution in [0.2, 0.25) is 0 Å². The monoisotopic (exact) mass is 364 g/mol. The third-order valence-electron chi connectivity index (χ3n) is 3.91. The Morgan fingerprint density at radius 1 is 1.19 bits per heavy atom. The molecule has 1 saturated heterocycles. The smallest absolute Gasteiger partial charge is 0.410 e. The van der Waals surface area contributed by atoms with Crippen molar-refractivity contribution in [3.05, 3.63) is 35.9 Å². The van der Waals surface area contributed by atoms with Crippen molar-refractivity contribution in [1.29, 1.82) is 0 Å². The third kappa shape index (κ3) is 6.92. The number of hydrogen-bond acceptors (Lipinski definition) is 5. The molecule has 1 aliphatic rings. The number of alkyl carbamates (subject to hydrolysis) is 1. The van der Waals surface area contributed by atoms with Gasteiger partial charge in [0.1, 0.15) is 12.2 Å². The van der Waals surface area contributed by atoms with Crippen LogP contribution in [0, 0.1) is 0 Å². The standard InChI is InChI=1S/C19H28N2O5/c1-19(2,3)26-18(24)21-11-15(9-10-16(22)12-21)20-17(23)25-13-14-7-5-4-6-8-14/h4-8,15-16,22H,9-13H2,1-3H3,(H,20,23)/t15-,16-/m0/s1. The lowest BCUT2D eigenvalue weighted by molar-refractivity contribution is 0.0162. The number of β-amino-alcohol motifs (C(OH)–C–C–N with tert-alkyl or cyclic N) is 1. The molecule has 1 aliphatic heterocycles. The van der Waals surface area contributed by atoms with Crippen LogP contribution in [0.1, 0.15) is 39.2 Å². The van der Waals surface area contributed by atoms with Crippen LogP contribution in [0.3, 0.4) is 0 Å². The Bertz CT molecular complexity index is 600. The first-order valence-corrected chi connectivity index (χ1v) is 8.86. The number of benzene rings is 1. The Balaban J connectivity index is 1.88. The molecule has 2 amide bonds. The summed E-state index contributed by atoms with van der Waals surface area (Å²) in [5.41, 5.74) is 0.278. The fourth-order valence-electron chi connectivity index (χ4n) is 2.70. The number of hydrogen-bond donors (Lipinski definition) is 2. The SMILES string of the molecule is CC(C)(C)OC(=O)N1C[C@@H](O)CC[C@H](NC(=O)OCc2ccccc2)C1. The van der Waals surface area contributed by atoms with Crippen LogP contribution in [0.15, 0.2) is 30.3 Å². The van der Waals surface area contributed by atoms with Gasteiger partial charge in [-0.1, -0.05) is 30.3 Å². The zero-order valence-corrected chi connectivity index (χ0v) is 15.6. The predicted molar refractivity (Wildman–Crippen MR) is 96.6 cm³/mol. The van der Waals surface area contributed by atoms with E-state index in [0.29, 0.717) is 12.8 Å². The molecule has 0 radical (unpaired) electrons. The largest absolute Gasteiger partial charge is 0.445 e. The average Bonchev–Trinajstić information content (AvgIpc) is 2.74. The van der Waals surface area contributed by atoms with Gasteiger partial charge in [-0.3, -0.25) is 0 Å². The highest BCUT2D eigenvalue weighted by Crippen LogP contribution is 2.16. The lowest BCUT2D eigenvalue weighted by Crippen LogP contribution is -2.47. The number of aliphatic hydroxyl groups excluding tert-OH is 1. The number of ether oxygens (including phenoxy) is 2. The van der Waals surface area contributed by atoms with E-state index in [2.05, 4.69) is 5.32 Å². The lowest BCUT2D eigenvalue weighted by Gasteiger charge is -2.29. The van der Waals surface area contributed by atoms with E-state index in [1.807, 2.05) is 30.3 Å². The zero-order valence-electron chi connectivity index (χ0n) is 15.6. The Hall–Kier alpha value is -2.28. The highest BCUT2D eigenvalue weighted by Gasteiger charge is 2.30. The Kier molecular flexibility index (Phi) is 6.85. The maximum atomic E-state index is 12.3. The van der Waals surface area contributed by atoms with Gasteiger partial charge < -0.3 is 24.8 Å². The zero-order chi connectivity index (χ0) is 19.2. The molecule has 2 rings (SSSR count). The fourth-order valence-corrected chi connectivity index (χ4v) is 2.70. The first-order chi connectivity index (χ1) is 12.2. The summed E-state index contributed by atoms with van der Waals surface area (Å²) in [5, 5.41) is 12.8. The van der Waals surface area contributed by atoms with Gasteiger partial charge in [0.2, 0.25) is 0 Å². The number of aliphatic hydroxyl groups is 1. The first kappa shape index (κ1) is 20.0. The van der Waals surface area contributed by atoms with Gasteiger partial charge in [0.05, 0.1) is 12.1 Å². The van der Waals surface area contributed by atoms with E-state index in [9.17, 15) is 14.7 Å². The summed E-state index contributed by atoms with van der Waals surface area (Å²) in [6.07, 6.45) is -0.638.